The first-order valence-electron chi connectivity index (χ1n) is 8.82. The molecule has 1 aromatic rings. The Bertz CT molecular complexity index is 526. The molecule has 2 rings (SSSR count). The van der Waals surface area contributed by atoms with Gasteiger partial charge in [-0.2, -0.15) is 0 Å². The number of hydrogen-bond acceptors (Lipinski definition) is 5. The molecule has 0 bridgehead atoms. The molecule has 0 spiro atoms. The van der Waals surface area contributed by atoms with Crippen LogP contribution < -0.4 is 0 Å². The largest absolute Gasteiger partial charge is 0.467 e. The summed E-state index contributed by atoms with van der Waals surface area (Å²) in [5.74, 6) is 0.439. The number of furan rings is 1. The average molecular weight is 352 g/mol. The third kappa shape index (κ3) is 6.17. The van der Waals surface area contributed by atoms with Crippen molar-refractivity contribution < 1.29 is 23.5 Å². The van der Waals surface area contributed by atoms with Crippen molar-refractivity contribution in [1.82, 2.24) is 9.80 Å². The van der Waals surface area contributed by atoms with Gasteiger partial charge in [-0.25, -0.2) is 0 Å². The Morgan fingerprint density at radius 1 is 1.32 bits per heavy atom. The van der Waals surface area contributed by atoms with E-state index in [1.54, 1.807) is 22.1 Å². The van der Waals surface area contributed by atoms with Crippen LogP contribution in [0.2, 0.25) is 0 Å². The Morgan fingerprint density at radius 2 is 2.16 bits per heavy atom. The summed E-state index contributed by atoms with van der Waals surface area (Å²) >= 11 is 0. The van der Waals surface area contributed by atoms with Crippen LogP contribution in [0.5, 0.6) is 0 Å². The maximum atomic E-state index is 12.8. The Labute approximate surface area is 148 Å². The second kappa shape index (κ2) is 10.2. The highest BCUT2D eigenvalue weighted by molar-refractivity contribution is 5.85. The summed E-state index contributed by atoms with van der Waals surface area (Å²) < 4.78 is 16.0. The van der Waals surface area contributed by atoms with Crippen LogP contribution in [-0.4, -0.2) is 67.7 Å². The highest BCUT2D eigenvalue weighted by atomic mass is 16.5. The summed E-state index contributed by atoms with van der Waals surface area (Å²) in [5, 5.41) is 0. The number of methoxy groups -OCH3 is 1. The standard InChI is InChI=1S/C18H28N2O5/c1-3-8-19(18(22)14-23-2)13-17(21)20(11-15-6-4-9-24-15)12-16-7-5-10-25-16/h4,6,9,16H,3,5,7-8,10-14H2,1-2H3. The average Bonchev–Trinajstić information content (AvgIpc) is 3.28. The summed E-state index contributed by atoms with van der Waals surface area (Å²) in [4.78, 5) is 28.3. The van der Waals surface area contributed by atoms with E-state index in [2.05, 4.69) is 0 Å². The smallest absolute Gasteiger partial charge is 0.249 e. The van der Waals surface area contributed by atoms with Gasteiger partial charge in [-0.05, 0) is 31.4 Å². The molecular formula is C18H28N2O5. The summed E-state index contributed by atoms with van der Waals surface area (Å²) in [7, 11) is 1.48. The molecule has 0 saturated carbocycles. The van der Waals surface area contributed by atoms with Crippen LogP contribution in [0.25, 0.3) is 0 Å². The first kappa shape index (κ1) is 19.5. The second-order valence-corrected chi connectivity index (χ2v) is 6.24. The molecule has 0 N–H and O–H groups in total. The number of nitrogens with zero attached hydrogens (tertiary/aromatic N) is 2. The maximum Gasteiger partial charge on any atom is 0.249 e. The predicted octanol–water partition coefficient (Wildman–Crippen LogP) is 1.67. The van der Waals surface area contributed by atoms with Crippen molar-refractivity contribution in [3.8, 4) is 0 Å². The molecule has 2 amide bonds. The van der Waals surface area contributed by atoms with Crippen LogP contribution in [0.3, 0.4) is 0 Å². The lowest BCUT2D eigenvalue weighted by molar-refractivity contribution is -0.143. The summed E-state index contributed by atoms with van der Waals surface area (Å²) in [6.07, 6.45) is 4.39. The molecule has 2 heterocycles. The molecule has 1 aliphatic heterocycles. The van der Waals surface area contributed by atoms with E-state index >= 15 is 0 Å². The quantitative estimate of drug-likeness (QED) is 0.640. The van der Waals surface area contributed by atoms with E-state index in [0.29, 0.717) is 19.6 Å². The van der Waals surface area contributed by atoms with Crippen LogP contribution in [0.15, 0.2) is 22.8 Å². The van der Waals surface area contributed by atoms with Crippen LogP contribution in [0, 0.1) is 0 Å². The van der Waals surface area contributed by atoms with Gasteiger partial charge in [0.2, 0.25) is 11.8 Å². The van der Waals surface area contributed by atoms with Gasteiger partial charge in [0.05, 0.1) is 25.5 Å². The molecule has 0 radical (unpaired) electrons. The normalized spacial score (nSPS) is 16.8. The van der Waals surface area contributed by atoms with Crippen LogP contribution in [0.4, 0.5) is 0 Å². The first-order chi connectivity index (χ1) is 12.1. The van der Waals surface area contributed by atoms with Crippen molar-refractivity contribution in [2.24, 2.45) is 0 Å². The van der Waals surface area contributed by atoms with Gasteiger partial charge in [0.1, 0.15) is 12.4 Å². The van der Waals surface area contributed by atoms with Crippen LogP contribution in [0.1, 0.15) is 31.9 Å². The van der Waals surface area contributed by atoms with Gasteiger partial charge in [0.15, 0.2) is 0 Å². The predicted molar refractivity (Wildman–Crippen MR) is 91.8 cm³/mol. The molecule has 1 aromatic heterocycles. The zero-order valence-electron chi connectivity index (χ0n) is 15.1. The zero-order chi connectivity index (χ0) is 18.1. The SMILES string of the molecule is CCCN(CC(=O)N(Cc1ccco1)CC1CCCO1)C(=O)COC. The molecule has 1 aliphatic rings. The summed E-state index contributed by atoms with van der Waals surface area (Å²) in [5.41, 5.74) is 0. The number of ether oxygens (including phenoxy) is 2. The molecule has 25 heavy (non-hydrogen) atoms. The Kier molecular flexibility index (Phi) is 7.94. The van der Waals surface area contributed by atoms with Crippen molar-refractivity contribution in [3.63, 3.8) is 0 Å². The molecular weight excluding hydrogens is 324 g/mol. The van der Waals surface area contributed by atoms with Crippen LogP contribution in [-0.2, 0) is 25.6 Å². The van der Waals surface area contributed by atoms with Crippen molar-refractivity contribution in [3.05, 3.63) is 24.2 Å². The molecule has 0 aromatic carbocycles. The van der Waals surface area contributed by atoms with Gasteiger partial charge in [0.25, 0.3) is 0 Å². The minimum Gasteiger partial charge on any atom is -0.467 e. The van der Waals surface area contributed by atoms with Crippen molar-refractivity contribution in [2.45, 2.75) is 38.8 Å². The second-order valence-electron chi connectivity index (χ2n) is 6.24. The van der Waals surface area contributed by atoms with Crippen molar-refractivity contribution >= 4 is 11.8 Å². The van der Waals surface area contributed by atoms with E-state index in [-0.39, 0.29) is 31.1 Å². The van der Waals surface area contributed by atoms with E-state index in [1.807, 2.05) is 13.0 Å². The third-order valence-electron chi connectivity index (χ3n) is 4.17. The monoisotopic (exact) mass is 352 g/mol. The fourth-order valence-corrected chi connectivity index (χ4v) is 2.92. The fourth-order valence-electron chi connectivity index (χ4n) is 2.92. The van der Waals surface area contributed by atoms with Gasteiger partial charge in [-0.1, -0.05) is 6.92 Å². The number of carbonyl (C=O) groups excluding carboxylic acids is 2. The van der Waals surface area contributed by atoms with Gasteiger partial charge < -0.3 is 23.7 Å². The van der Waals surface area contributed by atoms with Crippen molar-refractivity contribution in [1.29, 1.82) is 0 Å². The lowest BCUT2D eigenvalue weighted by atomic mass is 10.2. The number of hydrogen-bond donors (Lipinski definition) is 0. The molecule has 1 fully saturated rings. The van der Waals surface area contributed by atoms with Gasteiger partial charge in [-0.3, -0.25) is 9.59 Å². The Hall–Kier alpha value is -1.86. The zero-order valence-corrected chi connectivity index (χ0v) is 15.1. The molecule has 7 nitrogen and oxygen atoms in total. The first-order valence-corrected chi connectivity index (χ1v) is 8.82. The lowest BCUT2D eigenvalue weighted by Gasteiger charge is -2.28. The van der Waals surface area contributed by atoms with E-state index in [0.717, 1.165) is 31.6 Å². The molecule has 7 heteroatoms. The van der Waals surface area contributed by atoms with Gasteiger partial charge in [0, 0.05) is 26.8 Å². The molecule has 1 unspecified atom stereocenters. The van der Waals surface area contributed by atoms with E-state index < -0.39 is 0 Å². The van der Waals surface area contributed by atoms with Gasteiger partial charge >= 0.3 is 0 Å². The molecule has 0 aliphatic carbocycles. The van der Waals surface area contributed by atoms with E-state index in [1.165, 1.54) is 7.11 Å². The fraction of sp³-hybridized carbons (Fsp3) is 0.667. The minimum absolute atomic E-state index is 0.0167. The molecule has 140 valence electrons. The summed E-state index contributed by atoms with van der Waals surface area (Å²) in [6.45, 7) is 4.16. The number of carbonyl (C=O) groups is 2. The maximum absolute atomic E-state index is 12.8. The Balaban J connectivity index is 2.02. The van der Waals surface area contributed by atoms with E-state index in [4.69, 9.17) is 13.9 Å². The van der Waals surface area contributed by atoms with E-state index in [9.17, 15) is 9.59 Å². The molecule has 1 atom stereocenters. The molecule has 1 saturated heterocycles. The lowest BCUT2D eigenvalue weighted by Crippen LogP contribution is -2.46. The topological polar surface area (TPSA) is 72.2 Å². The van der Waals surface area contributed by atoms with Crippen molar-refractivity contribution in [2.75, 3.05) is 40.0 Å². The van der Waals surface area contributed by atoms with Crippen LogP contribution >= 0.6 is 0 Å². The number of amides is 2. The summed E-state index contributed by atoms with van der Waals surface area (Å²) in [6, 6.07) is 3.64. The Morgan fingerprint density at radius 3 is 2.76 bits per heavy atom. The minimum atomic E-state index is -0.173. The highest BCUT2D eigenvalue weighted by Crippen LogP contribution is 2.16. The highest BCUT2D eigenvalue weighted by Gasteiger charge is 2.26. The third-order valence-corrected chi connectivity index (χ3v) is 4.17. The van der Waals surface area contributed by atoms with Gasteiger partial charge in [-0.15, -0.1) is 0 Å². The number of rotatable bonds is 10.